The molecule has 1 amide bonds. The van der Waals surface area contributed by atoms with Gasteiger partial charge in [-0.15, -0.1) is 0 Å². The summed E-state index contributed by atoms with van der Waals surface area (Å²) in [7, 11) is 0. The number of alkyl halides is 3. The number of halogens is 4. The molecular weight excluding hydrogens is 532 g/mol. The van der Waals surface area contributed by atoms with Crippen LogP contribution in [0.4, 0.5) is 23.4 Å². The van der Waals surface area contributed by atoms with Gasteiger partial charge < -0.3 is 25.4 Å². The number of carboxylic acid groups (broad SMARTS) is 1. The van der Waals surface area contributed by atoms with Gasteiger partial charge in [-0.05, 0) is 81.8 Å². The maximum atomic E-state index is 13.6. The first kappa shape index (κ1) is 31.3. The minimum absolute atomic E-state index is 0.0537. The molecule has 3 rings (SSSR count). The highest BCUT2D eigenvalue weighted by atomic mass is 19.4. The van der Waals surface area contributed by atoms with E-state index in [1.54, 1.807) is 0 Å². The van der Waals surface area contributed by atoms with E-state index in [0.717, 1.165) is 50.2 Å². The molecule has 0 spiro atoms. The molecule has 2 aromatic rings. The van der Waals surface area contributed by atoms with Crippen molar-refractivity contribution in [3.63, 3.8) is 0 Å². The summed E-state index contributed by atoms with van der Waals surface area (Å²) in [6.07, 6.45) is -0.388. The summed E-state index contributed by atoms with van der Waals surface area (Å²) in [6.45, 7) is 5.16. The molecule has 1 aromatic carbocycles. The Morgan fingerprint density at radius 1 is 1.18 bits per heavy atom. The summed E-state index contributed by atoms with van der Waals surface area (Å²) in [5.41, 5.74) is -0.0709. The zero-order valence-electron chi connectivity index (χ0n) is 22.5. The van der Waals surface area contributed by atoms with E-state index in [0.29, 0.717) is 44.5 Å². The van der Waals surface area contributed by atoms with Gasteiger partial charge in [0.15, 0.2) is 0 Å². The van der Waals surface area contributed by atoms with Gasteiger partial charge in [0.1, 0.15) is 17.7 Å². The molecule has 0 fully saturated rings. The minimum Gasteiger partial charge on any atom is -0.480 e. The van der Waals surface area contributed by atoms with E-state index in [1.807, 2.05) is 17.9 Å². The number of carbonyl (C=O) groups excluding carboxylic acids is 1. The van der Waals surface area contributed by atoms with Crippen molar-refractivity contribution in [1.29, 1.82) is 0 Å². The van der Waals surface area contributed by atoms with Crippen molar-refractivity contribution < 1.29 is 37.0 Å². The van der Waals surface area contributed by atoms with Gasteiger partial charge in [-0.1, -0.05) is 6.07 Å². The summed E-state index contributed by atoms with van der Waals surface area (Å²) in [6, 6.07) is 4.22. The molecule has 12 heteroatoms. The van der Waals surface area contributed by atoms with Crippen LogP contribution >= 0.6 is 0 Å². The average Bonchev–Trinajstić information content (AvgIpc) is 2.91. The Labute approximate surface area is 231 Å². The molecule has 0 bridgehead atoms. The lowest BCUT2D eigenvalue weighted by molar-refractivity contribution is -0.139. The summed E-state index contributed by atoms with van der Waals surface area (Å²) in [5, 5.41) is 15.1. The number of aryl methyl sites for hydroxylation is 2. The molecule has 1 aliphatic heterocycles. The highest BCUT2D eigenvalue weighted by Crippen LogP contribution is 2.32. The average molecular weight is 569 g/mol. The third-order valence-electron chi connectivity index (χ3n) is 6.73. The molecule has 0 saturated carbocycles. The van der Waals surface area contributed by atoms with E-state index in [1.165, 1.54) is 5.56 Å². The van der Waals surface area contributed by atoms with Crippen molar-refractivity contribution in [1.82, 2.24) is 15.2 Å². The van der Waals surface area contributed by atoms with Crippen LogP contribution in [0.3, 0.4) is 0 Å². The second kappa shape index (κ2) is 14.9. The first-order valence-corrected chi connectivity index (χ1v) is 13.5. The minimum atomic E-state index is -4.90. The van der Waals surface area contributed by atoms with Crippen LogP contribution in [-0.2, 0) is 28.5 Å². The zero-order chi connectivity index (χ0) is 29.1. The summed E-state index contributed by atoms with van der Waals surface area (Å²) < 4.78 is 59.0. The number of aromatic nitrogens is 1. The lowest BCUT2D eigenvalue weighted by Gasteiger charge is -2.24. The van der Waals surface area contributed by atoms with Gasteiger partial charge in [0.2, 0.25) is 0 Å². The number of anilines is 1. The fourth-order valence-corrected chi connectivity index (χ4v) is 4.58. The van der Waals surface area contributed by atoms with Crippen LogP contribution in [0.2, 0.25) is 0 Å². The molecule has 0 unspecified atom stereocenters. The number of nitrogens with zero attached hydrogens (tertiary/aromatic N) is 2. The number of carbonyl (C=O) groups is 2. The van der Waals surface area contributed by atoms with Gasteiger partial charge in [-0.2, -0.15) is 13.2 Å². The van der Waals surface area contributed by atoms with Crippen molar-refractivity contribution in [2.24, 2.45) is 0 Å². The fourth-order valence-electron chi connectivity index (χ4n) is 4.58. The predicted octanol–water partition coefficient (Wildman–Crippen LogP) is 4.53. The molecule has 1 atom stereocenters. The number of hydrogen-bond donors (Lipinski definition) is 3. The molecule has 3 N–H and O–H groups in total. The number of pyridine rings is 1. The van der Waals surface area contributed by atoms with Crippen molar-refractivity contribution in [2.75, 3.05) is 44.7 Å². The Morgan fingerprint density at radius 3 is 2.70 bits per heavy atom. The van der Waals surface area contributed by atoms with Crippen LogP contribution in [0.5, 0.6) is 0 Å². The first-order chi connectivity index (χ1) is 19.1. The van der Waals surface area contributed by atoms with E-state index >= 15 is 0 Å². The van der Waals surface area contributed by atoms with Gasteiger partial charge in [0, 0.05) is 31.9 Å². The zero-order valence-corrected chi connectivity index (χ0v) is 22.5. The van der Waals surface area contributed by atoms with Crippen LogP contribution in [-0.4, -0.2) is 72.3 Å². The topological polar surface area (TPSA) is 104 Å². The second-order valence-corrected chi connectivity index (χ2v) is 9.68. The summed E-state index contributed by atoms with van der Waals surface area (Å²) >= 11 is 0. The SMILES string of the molecule is CCOCCN(CCCCc1ccc2c(n1)NCCC2)CC[C@H](NC(=O)c1cc(F)ccc1C(F)(F)F)C(=O)O. The number of hydrogen-bond acceptors (Lipinski definition) is 6. The van der Waals surface area contributed by atoms with Crippen LogP contribution in [0.25, 0.3) is 0 Å². The molecule has 0 radical (unpaired) electrons. The Bertz CT molecular complexity index is 1150. The molecule has 0 saturated heterocycles. The lowest BCUT2D eigenvalue weighted by Crippen LogP contribution is -2.44. The van der Waals surface area contributed by atoms with Gasteiger partial charge in [0.05, 0.1) is 17.7 Å². The number of ether oxygens (including phenoxy) is 1. The van der Waals surface area contributed by atoms with E-state index < -0.39 is 41.0 Å². The van der Waals surface area contributed by atoms with Crippen LogP contribution in [0.15, 0.2) is 30.3 Å². The third kappa shape index (κ3) is 9.44. The van der Waals surface area contributed by atoms with Crippen LogP contribution in [0.1, 0.15) is 59.8 Å². The van der Waals surface area contributed by atoms with Gasteiger partial charge in [-0.25, -0.2) is 14.2 Å². The normalized spacial score (nSPS) is 13.9. The number of unbranched alkanes of at least 4 members (excludes halogenated alkanes) is 1. The van der Waals surface area contributed by atoms with E-state index in [-0.39, 0.29) is 13.0 Å². The molecule has 2 heterocycles. The Balaban J connectivity index is 1.56. The molecule has 40 heavy (non-hydrogen) atoms. The Hall–Kier alpha value is -3.25. The third-order valence-corrected chi connectivity index (χ3v) is 6.73. The summed E-state index contributed by atoms with van der Waals surface area (Å²) in [5.74, 6) is -2.78. The van der Waals surface area contributed by atoms with Crippen molar-refractivity contribution in [2.45, 2.75) is 57.7 Å². The maximum Gasteiger partial charge on any atom is 0.417 e. The standard InChI is InChI=1S/C28H36F4N4O4/c1-2-40-17-16-36(14-4-3-7-21-10-8-19-6-5-13-33-25(19)34-21)15-12-24(27(38)39)35-26(37)22-18-20(29)9-11-23(22)28(30,31)32/h8-11,18,24H,2-7,12-17H2,1H3,(H,33,34)(H,35,37)(H,38,39)/t24-/m0/s1. The largest absolute Gasteiger partial charge is 0.480 e. The maximum absolute atomic E-state index is 13.6. The number of benzene rings is 1. The highest BCUT2D eigenvalue weighted by molar-refractivity contribution is 5.98. The Kier molecular flexibility index (Phi) is 11.7. The lowest BCUT2D eigenvalue weighted by atomic mass is 10.0. The highest BCUT2D eigenvalue weighted by Gasteiger charge is 2.36. The number of nitrogens with one attached hydrogen (secondary N) is 2. The predicted molar refractivity (Wildman–Crippen MR) is 142 cm³/mol. The number of rotatable bonds is 15. The van der Waals surface area contributed by atoms with E-state index in [2.05, 4.69) is 16.7 Å². The molecule has 0 aliphatic carbocycles. The number of fused-ring (bicyclic) bond motifs is 1. The number of amides is 1. The monoisotopic (exact) mass is 568 g/mol. The van der Waals surface area contributed by atoms with Gasteiger partial charge >= 0.3 is 12.1 Å². The van der Waals surface area contributed by atoms with E-state index in [4.69, 9.17) is 9.72 Å². The molecule has 220 valence electrons. The second-order valence-electron chi connectivity index (χ2n) is 9.68. The van der Waals surface area contributed by atoms with Crippen LogP contribution < -0.4 is 10.6 Å². The van der Waals surface area contributed by atoms with Gasteiger partial charge in [-0.3, -0.25) is 4.79 Å². The van der Waals surface area contributed by atoms with Crippen molar-refractivity contribution in [3.8, 4) is 0 Å². The first-order valence-electron chi connectivity index (χ1n) is 13.5. The summed E-state index contributed by atoms with van der Waals surface area (Å²) in [4.78, 5) is 31.1. The van der Waals surface area contributed by atoms with Crippen LogP contribution in [0, 0.1) is 5.82 Å². The fraction of sp³-hybridized carbons (Fsp3) is 0.536. The van der Waals surface area contributed by atoms with Crippen molar-refractivity contribution in [3.05, 3.63) is 58.5 Å². The number of aliphatic carboxylic acids is 1. The van der Waals surface area contributed by atoms with E-state index in [9.17, 15) is 32.3 Å². The molecule has 1 aromatic heterocycles. The smallest absolute Gasteiger partial charge is 0.417 e. The molecular formula is C28H36F4N4O4. The van der Waals surface area contributed by atoms with Gasteiger partial charge in [0.25, 0.3) is 5.91 Å². The quantitative estimate of drug-likeness (QED) is 0.214. The molecule has 8 nitrogen and oxygen atoms in total. The number of carboxylic acids is 1. The molecule has 1 aliphatic rings. The Morgan fingerprint density at radius 2 is 1.98 bits per heavy atom. The van der Waals surface area contributed by atoms with Crippen molar-refractivity contribution >= 4 is 17.7 Å².